The fraction of sp³-hybridized carbons (Fsp3) is 0.500. The number of carbonyl (C=O) groups excluding carboxylic acids is 2. The van der Waals surface area contributed by atoms with Crippen LogP contribution >= 0.6 is 0 Å². The summed E-state index contributed by atoms with van der Waals surface area (Å²) in [5.41, 5.74) is 0.395. The maximum Gasteiger partial charge on any atom is 0.321 e. The van der Waals surface area contributed by atoms with Gasteiger partial charge in [0.1, 0.15) is 0 Å². The minimum absolute atomic E-state index is 0.0396. The van der Waals surface area contributed by atoms with E-state index < -0.39 is 35.2 Å². The molecule has 0 aliphatic carbocycles. The smallest absolute Gasteiger partial charge is 0.321 e. The lowest BCUT2D eigenvalue weighted by atomic mass is 9.85. The molecule has 0 spiro atoms. The quantitative estimate of drug-likeness (QED) is 0.299. The Balaban J connectivity index is 2.42. The van der Waals surface area contributed by atoms with E-state index in [0.29, 0.717) is 17.1 Å². The predicted octanol–water partition coefficient (Wildman–Crippen LogP) is 1.52. The van der Waals surface area contributed by atoms with Crippen molar-refractivity contribution in [2.75, 3.05) is 26.6 Å². The van der Waals surface area contributed by atoms with Gasteiger partial charge in [-0.05, 0) is 31.5 Å². The van der Waals surface area contributed by atoms with Gasteiger partial charge in [-0.1, -0.05) is 6.07 Å². The largest absolute Gasteiger partial charge is 0.465 e. The van der Waals surface area contributed by atoms with Crippen LogP contribution in [0.1, 0.15) is 25.3 Å². The third-order valence-electron chi connectivity index (χ3n) is 3.65. The summed E-state index contributed by atoms with van der Waals surface area (Å²) in [5, 5.41) is 11.1. The molecule has 0 saturated carbocycles. The second-order valence-corrected chi connectivity index (χ2v) is 5.22. The van der Waals surface area contributed by atoms with Crippen molar-refractivity contribution < 1.29 is 33.5 Å². The zero-order chi connectivity index (χ0) is 18.4. The lowest BCUT2D eigenvalue weighted by Gasteiger charge is -2.22. The molecule has 2 rings (SSSR count). The fourth-order valence-corrected chi connectivity index (χ4v) is 2.60. The van der Waals surface area contributed by atoms with Crippen molar-refractivity contribution in [2.24, 2.45) is 5.92 Å². The van der Waals surface area contributed by atoms with Crippen LogP contribution in [-0.4, -0.2) is 43.4 Å². The maximum atomic E-state index is 12.3. The van der Waals surface area contributed by atoms with Crippen molar-refractivity contribution >= 4 is 11.9 Å². The second-order valence-electron chi connectivity index (χ2n) is 5.22. The summed E-state index contributed by atoms with van der Waals surface area (Å²) in [6.45, 7) is 2.66. The molecular weight excluding hydrogens is 334 g/mol. The summed E-state index contributed by atoms with van der Waals surface area (Å²) in [7, 11) is 0. The Labute approximate surface area is 144 Å². The molecule has 0 amide bonds. The first-order valence-electron chi connectivity index (χ1n) is 7.82. The Morgan fingerprint density at radius 1 is 1.16 bits per heavy atom. The Morgan fingerprint density at radius 3 is 2.32 bits per heavy atom. The van der Waals surface area contributed by atoms with Crippen LogP contribution < -0.4 is 9.47 Å². The van der Waals surface area contributed by atoms with Crippen LogP contribution in [0.3, 0.4) is 0 Å². The van der Waals surface area contributed by atoms with Crippen molar-refractivity contribution in [3.63, 3.8) is 0 Å². The van der Waals surface area contributed by atoms with Crippen LogP contribution in [0.4, 0.5) is 0 Å². The molecule has 9 heteroatoms. The van der Waals surface area contributed by atoms with Gasteiger partial charge in [0.15, 0.2) is 17.4 Å². The van der Waals surface area contributed by atoms with Crippen LogP contribution in [0.2, 0.25) is 0 Å². The van der Waals surface area contributed by atoms with E-state index in [4.69, 9.17) is 18.9 Å². The molecule has 1 unspecified atom stereocenters. The van der Waals surface area contributed by atoms with Gasteiger partial charge in [-0.3, -0.25) is 19.7 Å². The summed E-state index contributed by atoms with van der Waals surface area (Å²) in [6.07, 6.45) is 0. The van der Waals surface area contributed by atoms with Crippen LogP contribution in [0.25, 0.3) is 0 Å². The number of hydrogen-bond acceptors (Lipinski definition) is 8. The monoisotopic (exact) mass is 353 g/mol. The van der Waals surface area contributed by atoms with E-state index in [1.165, 1.54) is 6.07 Å². The Hall–Kier alpha value is -2.84. The molecule has 1 atom stereocenters. The lowest BCUT2D eigenvalue weighted by molar-refractivity contribution is -0.484. The van der Waals surface area contributed by atoms with E-state index in [-0.39, 0.29) is 20.0 Å². The Bertz CT molecular complexity index is 642. The number of fused-ring (bicyclic) bond motifs is 1. The van der Waals surface area contributed by atoms with Gasteiger partial charge in [-0.15, -0.1) is 0 Å². The van der Waals surface area contributed by atoms with Gasteiger partial charge >= 0.3 is 11.9 Å². The van der Waals surface area contributed by atoms with Gasteiger partial charge in [-0.2, -0.15) is 0 Å². The molecular formula is C16H19NO8. The molecule has 0 bridgehead atoms. The molecule has 0 fully saturated rings. The highest BCUT2D eigenvalue weighted by molar-refractivity contribution is 5.96. The highest BCUT2D eigenvalue weighted by atomic mass is 16.7. The van der Waals surface area contributed by atoms with Crippen molar-refractivity contribution in [3.05, 3.63) is 33.9 Å². The van der Waals surface area contributed by atoms with E-state index in [2.05, 4.69) is 0 Å². The molecule has 1 aromatic rings. The van der Waals surface area contributed by atoms with E-state index >= 15 is 0 Å². The van der Waals surface area contributed by atoms with E-state index in [1.807, 2.05) is 0 Å². The van der Waals surface area contributed by atoms with E-state index in [1.54, 1.807) is 26.0 Å². The zero-order valence-corrected chi connectivity index (χ0v) is 13.9. The Morgan fingerprint density at radius 2 is 1.76 bits per heavy atom. The molecule has 0 radical (unpaired) electrons. The molecule has 25 heavy (non-hydrogen) atoms. The molecule has 1 heterocycles. The van der Waals surface area contributed by atoms with Crippen LogP contribution in [-0.2, 0) is 19.1 Å². The number of hydrogen-bond donors (Lipinski definition) is 0. The number of nitrogens with zero attached hydrogens (tertiary/aromatic N) is 1. The van der Waals surface area contributed by atoms with Gasteiger partial charge in [0, 0.05) is 4.92 Å². The number of ether oxygens (including phenoxy) is 4. The standard InChI is InChI=1S/C16H19NO8/c1-3-22-15(18)14(16(19)23-4-2)11(8-17(20)21)10-5-6-12-13(7-10)25-9-24-12/h5-7,11,14H,3-4,8-9H2,1-2H3. The molecule has 9 nitrogen and oxygen atoms in total. The van der Waals surface area contributed by atoms with Crippen molar-refractivity contribution in [1.29, 1.82) is 0 Å². The third-order valence-corrected chi connectivity index (χ3v) is 3.65. The topological polar surface area (TPSA) is 114 Å². The van der Waals surface area contributed by atoms with Gasteiger partial charge in [-0.25, -0.2) is 0 Å². The first-order chi connectivity index (χ1) is 12.0. The van der Waals surface area contributed by atoms with Crippen LogP contribution in [0.15, 0.2) is 18.2 Å². The Kier molecular flexibility index (Phi) is 6.15. The minimum Gasteiger partial charge on any atom is -0.465 e. The van der Waals surface area contributed by atoms with Gasteiger partial charge in [0.05, 0.1) is 19.1 Å². The summed E-state index contributed by atoms with van der Waals surface area (Å²) in [5.74, 6) is -3.31. The van der Waals surface area contributed by atoms with E-state index in [9.17, 15) is 19.7 Å². The summed E-state index contributed by atoms with van der Waals surface area (Å²) >= 11 is 0. The highest BCUT2D eigenvalue weighted by Crippen LogP contribution is 2.37. The van der Waals surface area contributed by atoms with Crippen LogP contribution in [0.5, 0.6) is 11.5 Å². The minimum atomic E-state index is -1.44. The maximum absolute atomic E-state index is 12.3. The molecule has 0 aromatic heterocycles. The average Bonchev–Trinajstić information content (AvgIpc) is 3.02. The first-order valence-corrected chi connectivity index (χ1v) is 7.82. The normalized spacial score (nSPS) is 13.4. The van der Waals surface area contributed by atoms with Gasteiger partial charge in [0.2, 0.25) is 13.3 Å². The SMILES string of the molecule is CCOC(=O)C(C(=O)OCC)C(C[N+](=O)[O-])c1ccc2c(c1)OCO2. The van der Waals surface area contributed by atoms with Crippen molar-refractivity contribution in [3.8, 4) is 11.5 Å². The molecule has 136 valence electrons. The van der Waals surface area contributed by atoms with Gasteiger partial charge < -0.3 is 18.9 Å². The lowest BCUT2D eigenvalue weighted by Crippen LogP contribution is -2.36. The zero-order valence-electron chi connectivity index (χ0n) is 13.9. The predicted molar refractivity (Wildman–Crippen MR) is 83.9 cm³/mol. The fourth-order valence-electron chi connectivity index (χ4n) is 2.60. The van der Waals surface area contributed by atoms with Crippen molar-refractivity contribution in [1.82, 2.24) is 0 Å². The number of esters is 2. The van der Waals surface area contributed by atoms with Crippen molar-refractivity contribution in [2.45, 2.75) is 19.8 Å². The number of carbonyl (C=O) groups is 2. The van der Waals surface area contributed by atoms with Gasteiger partial charge in [0.25, 0.3) is 0 Å². The highest BCUT2D eigenvalue weighted by Gasteiger charge is 2.41. The summed E-state index contributed by atoms with van der Waals surface area (Å²) in [4.78, 5) is 35.1. The molecule has 1 aliphatic heterocycles. The molecule has 0 saturated heterocycles. The second kappa shape index (κ2) is 8.32. The third kappa shape index (κ3) is 4.37. The first kappa shape index (κ1) is 18.5. The van der Waals surface area contributed by atoms with E-state index in [0.717, 1.165) is 0 Å². The molecule has 1 aromatic carbocycles. The summed E-state index contributed by atoms with van der Waals surface area (Å²) in [6, 6.07) is 4.67. The number of benzene rings is 1. The molecule has 1 aliphatic rings. The molecule has 0 N–H and O–H groups in total. The van der Waals surface area contributed by atoms with Crippen LogP contribution in [0, 0.1) is 16.0 Å². The summed E-state index contributed by atoms with van der Waals surface area (Å²) < 4.78 is 20.3. The average molecular weight is 353 g/mol. The number of nitro groups is 1. The number of rotatable bonds is 8.